The molecule has 3 nitrogen and oxygen atoms in total. The number of rotatable bonds is 4. The first kappa shape index (κ1) is 8.64. The van der Waals surface area contributed by atoms with Gasteiger partial charge in [0.2, 0.25) is 0 Å². The van der Waals surface area contributed by atoms with Gasteiger partial charge in [-0.1, -0.05) is 0 Å². The Hall–Kier alpha value is -0.450. The van der Waals surface area contributed by atoms with Crippen LogP contribution in [0.3, 0.4) is 0 Å². The number of aromatic nitrogens is 1. The Kier molecular flexibility index (Phi) is 3.48. The molecule has 0 saturated carbocycles. The molecular weight excluding hydrogens is 160 g/mol. The molecule has 0 fully saturated rings. The minimum Gasteiger partial charge on any atom is -0.302 e. The summed E-state index contributed by atoms with van der Waals surface area (Å²) < 4.78 is 0. The molecule has 0 aromatic carbocycles. The van der Waals surface area contributed by atoms with Crippen LogP contribution >= 0.6 is 11.3 Å². The number of hydroxylamine groups is 1. The third-order valence-corrected chi connectivity index (χ3v) is 2.10. The van der Waals surface area contributed by atoms with Gasteiger partial charge in [0.1, 0.15) is 5.01 Å². The van der Waals surface area contributed by atoms with Crippen LogP contribution in [0.25, 0.3) is 0 Å². The summed E-state index contributed by atoms with van der Waals surface area (Å²) in [4.78, 5) is 9.22. The molecule has 1 rings (SSSR count). The molecule has 1 aromatic heterocycles. The van der Waals surface area contributed by atoms with Crippen molar-refractivity contribution in [2.45, 2.75) is 20.4 Å². The predicted octanol–water partition coefficient (Wildman–Crippen LogP) is 1.49. The van der Waals surface area contributed by atoms with Crippen molar-refractivity contribution in [3.8, 4) is 0 Å². The second-order valence-electron chi connectivity index (χ2n) is 2.14. The first-order chi connectivity index (χ1) is 5.33. The van der Waals surface area contributed by atoms with E-state index in [1.807, 2.05) is 19.2 Å². The van der Waals surface area contributed by atoms with Gasteiger partial charge in [0.25, 0.3) is 0 Å². The Balaban J connectivity index is 2.27. The summed E-state index contributed by atoms with van der Waals surface area (Å²) in [6.07, 6.45) is 0. The highest BCUT2D eigenvalue weighted by atomic mass is 32.1. The zero-order valence-electron chi connectivity index (χ0n) is 6.76. The lowest BCUT2D eigenvalue weighted by Gasteiger charge is -1.98. The summed E-state index contributed by atoms with van der Waals surface area (Å²) in [5.41, 5.74) is 3.89. The normalized spacial score (nSPS) is 10.4. The molecule has 4 heteroatoms. The maximum absolute atomic E-state index is 4.96. The van der Waals surface area contributed by atoms with Crippen molar-refractivity contribution >= 4 is 11.3 Å². The standard InChI is InChI=1S/C7H12N2OS/c1-3-10-8-4-7-9-6(2)5-11-7/h5,8H,3-4H2,1-2H3. The molecule has 1 N–H and O–H groups in total. The summed E-state index contributed by atoms with van der Waals surface area (Å²) in [6.45, 7) is 5.32. The molecule has 0 atom stereocenters. The van der Waals surface area contributed by atoms with Crippen LogP contribution in [0.15, 0.2) is 5.38 Å². The molecule has 0 aliphatic rings. The Morgan fingerprint density at radius 1 is 1.73 bits per heavy atom. The van der Waals surface area contributed by atoms with Gasteiger partial charge in [0.05, 0.1) is 13.2 Å². The number of hydrogen-bond donors (Lipinski definition) is 1. The van der Waals surface area contributed by atoms with Crippen molar-refractivity contribution in [1.82, 2.24) is 10.5 Å². The van der Waals surface area contributed by atoms with Gasteiger partial charge in [-0.25, -0.2) is 4.98 Å². The van der Waals surface area contributed by atoms with E-state index in [1.165, 1.54) is 0 Å². The molecule has 0 saturated heterocycles. The zero-order chi connectivity index (χ0) is 8.10. The summed E-state index contributed by atoms with van der Waals surface area (Å²) in [7, 11) is 0. The van der Waals surface area contributed by atoms with Gasteiger partial charge in [-0.2, -0.15) is 5.48 Å². The number of hydrogen-bond acceptors (Lipinski definition) is 4. The molecule has 0 spiro atoms. The summed E-state index contributed by atoms with van der Waals surface area (Å²) in [6, 6.07) is 0. The van der Waals surface area contributed by atoms with E-state index in [0.717, 1.165) is 10.7 Å². The fourth-order valence-electron chi connectivity index (χ4n) is 0.699. The van der Waals surface area contributed by atoms with E-state index < -0.39 is 0 Å². The fraction of sp³-hybridized carbons (Fsp3) is 0.571. The molecule has 0 radical (unpaired) electrons. The van der Waals surface area contributed by atoms with E-state index in [0.29, 0.717) is 13.2 Å². The van der Waals surface area contributed by atoms with Crippen molar-refractivity contribution in [3.63, 3.8) is 0 Å². The van der Waals surface area contributed by atoms with E-state index in [-0.39, 0.29) is 0 Å². The third-order valence-electron chi connectivity index (χ3n) is 1.14. The van der Waals surface area contributed by atoms with Crippen molar-refractivity contribution in [1.29, 1.82) is 0 Å². The molecule has 0 amide bonds. The quantitative estimate of drug-likeness (QED) is 0.552. The van der Waals surface area contributed by atoms with Crippen LogP contribution in [-0.4, -0.2) is 11.6 Å². The number of nitrogens with zero attached hydrogens (tertiary/aromatic N) is 1. The van der Waals surface area contributed by atoms with Crippen molar-refractivity contribution in [3.05, 3.63) is 16.1 Å². The fourth-order valence-corrected chi connectivity index (χ4v) is 1.40. The number of nitrogens with one attached hydrogen (secondary N) is 1. The molecule has 0 bridgehead atoms. The average molecular weight is 172 g/mol. The number of thiazole rings is 1. The maximum Gasteiger partial charge on any atom is 0.109 e. The smallest absolute Gasteiger partial charge is 0.109 e. The molecule has 1 heterocycles. The second-order valence-corrected chi connectivity index (χ2v) is 3.08. The Bertz CT molecular complexity index is 212. The summed E-state index contributed by atoms with van der Waals surface area (Å²) in [5.74, 6) is 0. The van der Waals surface area contributed by atoms with E-state index in [4.69, 9.17) is 4.84 Å². The predicted molar refractivity (Wildman–Crippen MR) is 45.3 cm³/mol. The molecule has 1 aromatic rings. The van der Waals surface area contributed by atoms with Crippen LogP contribution in [0.1, 0.15) is 17.6 Å². The highest BCUT2D eigenvalue weighted by Gasteiger charge is 1.96. The van der Waals surface area contributed by atoms with Gasteiger partial charge >= 0.3 is 0 Å². The highest BCUT2D eigenvalue weighted by Crippen LogP contribution is 2.07. The highest BCUT2D eigenvalue weighted by molar-refractivity contribution is 7.09. The summed E-state index contributed by atoms with van der Waals surface area (Å²) >= 11 is 1.65. The van der Waals surface area contributed by atoms with Crippen LogP contribution < -0.4 is 5.48 Å². The summed E-state index contributed by atoms with van der Waals surface area (Å²) in [5, 5.41) is 3.10. The lowest BCUT2D eigenvalue weighted by Crippen LogP contribution is -2.13. The monoisotopic (exact) mass is 172 g/mol. The lowest BCUT2D eigenvalue weighted by molar-refractivity contribution is 0.0463. The molecule has 62 valence electrons. The van der Waals surface area contributed by atoms with Gasteiger partial charge in [0, 0.05) is 11.1 Å². The second kappa shape index (κ2) is 4.43. The number of aryl methyl sites for hydroxylation is 1. The first-order valence-electron chi connectivity index (χ1n) is 3.58. The van der Waals surface area contributed by atoms with Crippen LogP contribution in [0.5, 0.6) is 0 Å². The van der Waals surface area contributed by atoms with Gasteiger partial charge in [-0.05, 0) is 13.8 Å². The molecule has 11 heavy (non-hydrogen) atoms. The molecule has 0 unspecified atom stereocenters. The van der Waals surface area contributed by atoms with Crippen molar-refractivity contribution in [2.75, 3.05) is 6.61 Å². The topological polar surface area (TPSA) is 34.1 Å². The SMILES string of the molecule is CCONCc1nc(C)cs1. The average Bonchev–Trinajstić information content (AvgIpc) is 2.37. The van der Waals surface area contributed by atoms with E-state index in [2.05, 4.69) is 10.5 Å². The molecule has 0 aliphatic carbocycles. The van der Waals surface area contributed by atoms with Crippen molar-refractivity contribution < 1.29 is 4.84 Å². The van der Waals surface area contributed by atoms with E-state index in [1.54, 1.807) is 11.3 Å². The molecule has 0 aliphatic heterocycles. The first-order valence-corrected chi connectivity index (χ1v) is 4.46. The van der Waals surface area contributed by atoms with Gasteiger partial charge in [0.15, 0.2) is 0 Å². The van der Waals surface area contributed by atoms with Crippen LogP contribution in [0, 0.1) is 6.92 Å². The third kappa shape index (κ3) is 2.96. The van der Waals surface area contributed by atoms with Crippen LogP contribution in [0.4, 0.5) is 0 Å². The van der Waals surface area contributed by atoms with Crippen LogP contribution in [-0.2, 0) is 11.4 Å². The largest absolute Gasteiger partial charge is 0.302 e. The van der Waals surface area contributed by atoms with E-state index in [9.17, 15) is 0 Å². The molecular formula is C7H12N2OS. The minimum absolute atomic E-state index is 0.685. The minimum atomic E-state index is 0.685. The maximum atomic E-state index is 4.96. The van der Waals surface area contributed by atoms with Gasteiger partial charge in [-0.3, -0.25) is 0 Å². The van der Waals surface area contributed by atoms with Gasteiger partial charge < -0.3 is 4.84 Å². The Morgan fingerprint density at radius 3 is 3.09 bits per heavy atom. The Labute approximate surface area is 70.4 Å². The van der Waals surface area contributed by atoms with E-state index >= 15 is 0 Å². The lowest BCUT2D eigenvalue weighted by atomic mass is 10.6. The zero-order valence-corrected chi connectivity index (χ0v) is 7.57. The Morgan fingerprint density at radius 2 is 2.55 bits per heavy atom. The van der Waals surface area contributed by atoms with Crippen LogP contribution in [0.2, 0.25) is 0 Å². The van der Waals surface area contributed by atoms with Crippen molar-refractivity contribution in [2.24, 2.45) is 0 Å². The van der Waals surface area contributed by atoms with Gasteiger partial charge in [-0.15, -0.1) is 11.3 Å².